The maximum Gasteiger partial charge on any atom is 0.137 e. The molecular weight excluding hydrogens is 925 g/mol. The van der Waals surface area contributed by atoms with Gasteiger partial charge in [-0.2, -0.15) is 0 Å². The van der Waals surface area contributed by atoms with Crippen LogP contribution >= 0.6 is 0 Å². The number of benzene rings is 8. The summed E-state index contributed by atoms with van der Waals surface area (Å²) in [6.07, 6.45) is 4.13. The van der Waals surface area contributed by atoms with Crippen molar-refractivity contribution in [1.82, 2.24) is 9.55 Å². The van der Waals surface area contributed by atoms with Crippen LogP contribution in [0.1, 0.15) is 114 Å². The van der Waals surface area contributed by atoms with Gasteiger partial charge in [0.15, 0.2) is 0 Å². The van der Waals surface area contributed by atoms with E-state index in [1.807, 2.05) is 24.4 Å². The average molecular weight is 998 g/mol. The van der Waals surface area contributed by atoms with Crippen LogP contribution in [0.4, 0.5) is 22.7 Å². The largest absolute Gasteiger partial charge is 0.457 e. The second-order valence-electron chi connectivity index (χ2n) is 24.6. The van der Waals surface area contributed by atoms with Crippen LogP contribution < -0.4 is 14.5 Å². The molecule has 0 spiro atoms. The third kappa shape index (κ3) is 8.64. The minimum absolute atomic E-state index is 0.00381. The molecule has 10 aromatic rings. The molecule has 2 aromatic heterocycles. The first-order chi connectivity index (χ1) is 37.5. The van der Waals surface area contributed by atoms with Crippen molar-refractivity contribution in [1.29, 1.82) is 0 Å². The van der Waals surface area contributed by atoms with Gasteiger partial charge in [0, 0.05) is 50.0 Å². The van der Waals surface area contributed by atoms with Crippen molar-refractivity contribution in [3.05, 3.63) is 216 Å². The monoisotopic (exact) mass is 998 g/mol. The summed E-state index contributed by atoms with van der Waals surface area (Å²) in [7, 11) is 0. The third-order valence-electron chi connectivity index (χ3n) is 16.5. The fourth-order valence-electron chi connectivity index (χ4n) is 11.9. The molecule has 5 heteroatoms. The minimum atomic E-state index is -2.41. The number of hydrogen-bond acceptors (Lipinski definition) is 4. The van der Waals surface area contributed by atoms with Crippen molar-refractivity contribution < 1.29 is 8.85 Å². The molecule has 0 amide bonds. The zero-order chi connectivity index (χ0) is 55.4. The molecule has 76 heavy (non-hydrogen) atoms. The van der Waals surface area contributed by atoms with Gasteiger partial charge in [-0.3, -0.25) is 4.57 Å². The molecule has 0 fully saturated rings. The van der Waals surface area contributed by atoms with Crippen molar-refractivity contribution >= 4 is 44.6 Å². The Kier molecular flexibility index (Phi) is 10.9. The number of ether oxygens (including phenoxy) is 1. The summed E-state index contributed by atoms with van der Waals surface area (Å²) in [4.78, 5) is 9.64. The first-order valence-corrected chi connectivity index (χ1v) is 27.0. The third-order valence-corrected chi connectivity index (χ3v) is 16.5. The Bertz CT molecular complexity index is 4000. The van der Waals surface area contributed by atoms with Gasteiger partial charge in [0.1, 0.15) is 24.0 Å². The smallest absolute Gasteiger partial charge is 0.137 e. The summed E-state index contributed by atoms with van der Waals surface area (Å²) in [5.41, 5.74) is 17.1. The first kappa shape index (κ1) is 45.5. The van der Waals surface area contributed by atoms with Crippen molar-refractivity contribution in [2.24, 2.45) is 0 Å². The van der Waals surface area contributed by atoms with Gasteiger partial charge >= 0.3 is 0 Å². The summed E-state index contributed by atoms with van der Waals surface area (Å²) in [6.45, 7) is 20.9. The van der Waals surface area contributed by atoms with Gasteiger partial charge in [-0.15, -0.1) is 0 Å². The van der Waals surface area contributed by atoms with Gasteiger partial charge in [0.2, 0.25) is 0 Å². The Morgan fingerprint density at radius 1 is 0.500 bits per heavy atom. The summed E-state index contributed by atoms with van der Waals surface area (Å²) in [5, 5.41) is 2.28. The van der Waals surface area contributed by atoms with E-state index in [9.17, 15) is 0 Å². The fourth-order valence-corrected chi connectivity index (χ4v) is 11.9. The number of pyridine rings is 1. The Morgan fingerprint density at radius 2 is 1.16 bits per heavy atom. The highest BCUT2D eigenvalue weighted by Gasteiger charge is 2.38. The molecule has 0 radical (unpaired) electrons. The van der Waals surface area contributed by atoms with Gasteiger partial charge in [0.25, 0.3) is 0 Å². The van der Waals surface area contributed by atoms with E-state index in [0.29, 0.717) is 23.5 Å². The summed E-state index contributed by atoms with van der Waals surface area (Å²) in [5.74, 6) is 2.30. The lowest BCUT2D eigenvalue weighted by Gasteiger charge is -2.42. The molecule has 380 valence electrons. The van der Waals surface area contributed by atoms with Crippen LogP contribution in [0.2, 0.25) is 0 Å². The van der Waals surface area contributed by atoms with E-state index in [1.54, 1.807) is 0 Å². The number of hydrogen-bond donors (Lipinski definition) is 0. The topological polar surface area (TPSA) is 33.5 Å². The number of nitrogens with zero attached hydrogens (tertiary/aromatic N) is 4. The highest BCUT2D eigenvalue weighted by Crippen LogP contribution is 2.53. The van der Waals surface area contributed by atoms with Gasteiger partial charge in [-0.05, 0) is 146 Å². The normalized spacial score (nSPS) is 15.8. The highest BCUT2D eigenvalue weighted by molar-refractivity contribution is 6.09. The lowest BCUT2D eigenvalue weighted by Crippen LogP contribution is -2.33. The summed E-state index contributed by atoms with van der Waals surface area (Å²) >= 11 is 0. The van der Waals surface area contributed by atoms with Crippen LogP contribution in [-0.2, 0) is 21.7 Å². The Morgan fingerprint density at radius 3 is 1.92 bits per heavy atom. The molecule has 12 rings (SSSR count). The molecule has 0 bridgehead atoms. The molecule has 0 atom stereocenters. The Hall–Kier alpha value is -7.89. The molecule has 0 saturated carbocycles. The lowest BCUT2D eigenvalue weighted by atomic mass is 9.63. The average Bonchev–Trinajstić information content (AvgIpc) is 4.20. The molecule has 0 saturated heterocycles. The van der Waals surface area contributed by atoms with Crippen LogP contribution in [-0.4, -0.2) is 16.2 Å². The number of rotatable bonds is 8. The van der Waals surface area contributed by atoms with Gasteiger partial charge in [-0.1, -0.05) is 184 Å². The molecule has 8 aromatic carbocycles. The van der Waals surface area contributed by atoms with E-state index in [1.165, 1.54) is 22.3 Å². The van der Waals surface area contributed by atoms with E-state index in [-0.39, 0.29) is 21.7 Å². The molecule has 5 nitrogen and oxygen atoms in total. The Balaban J connectivity index is 0.971. The van der Waals surface area contributed by atoms with Crippen molar-refractivity contribution in [3.63, 3.8) is 0 Å². The predicted molar refractivity (Wildman–Crippen MR) is 321 cm³/mol. The maximum absolute atomic E-state index is 9.12. The standard InChI is InChI=1S/C71H70N4O/c1-46-40-48(47-26-30-50(31-27-47)68(2,3)4)28-33-55(46)59-22-17-21-56(49-29-35-60-61(41-49)71(10,11)38-37-70(60,8)9)67(59)74-45-73(63-24-14-15-25-64(63)74)52-18-16-19-53(43-52)76-54-32-34-58-57-20-12-13-23-62(57)75(65(58)44-54)66-42-51(36-39-72-66)69(5,6)7/h12-36,39-44H,37-38,45H2,1-11H3/i1D3. The Labute approximate surface area is 454 Å². The minimum Gasteiger partial charge on any atom is -0.457 e. The fraction of sp³-hybridized carbons (Fsp3) is 0.254. The second kappa shape index (κ2) is 18.2. The molecular formula is C71H70N4O. The zero-order valence-corrected chi connectivity index (χ0v) is 45.7. The molecule has 3 heterocycles. The molecule has 1 aliphatic heterocycles. The van der Waals surface area contributed by atoms with E-state index in [2.05, 4.69) is 247 Å². The van der Waals surface area contributed by atoms with E-state index >= 15 is 0 Å². The predicted octanol–water partition coefficient (Wildman–Crippen LogP) is 19.5. The zero-order valence-electron chi connectivity index (χ0n) is 48.7. The first-order valence-electron chi connectivity index (χ1n) is 28.5. The SMILES string of the molecule is [2H]C([2H])([2H])c1cc(-c2ccc(C(C)(C)C)cc2)ccc1-c1cccc(-c2ccc3c(c2)C(C)(C)CCC3(C)C)c1N1CN(c2cccc(Oc3ccc4c5ccccc5n(-c5cc(C(C)(C)C)ccn5)c4c3)c2)c2ccccc21. The molecule has 2 aliphatic rings. The van der Waals surface area contributed by atoms with Crippen LogP contribution in [0.5, 0.6) is 11.5 Å². The van der Waals surface area contributed by atoms with Crippen molar-refractivity contribution in [2.75, 3.05) is 16.5 Å². The molecule has 0 unspecified atom stereocenters. The maximum atomic E-state index is 9.12. The summed E-state index contributed by atoms with van der Waals surface area (Å²) in [6, 6.07) is 64.1. The van der Waals surface area contributed by atoms with Crippen molar-refractivity contribution in [2.45, 2.75) is 111 Å². The molecule has 0 N–H and O–H groups in total. The lowest BCUT2D eigenvalue weighted by molar-refractivity contribution is 0.332. The second-order valence-corrected chi connectivity index (χ2v) is 24.6. The number of para-hydroxylation sites is 4. The highest BCUT2D eigenvalue weighted by atomic mass is 16.5. The summed E-state index contributed by atoms with van der Waals surface area (Å²) < 4.78 is 36.5. The van der Waals surface area contributed by atoms with Crippen LogP contribution in [0.15, 0.2) is 188 Å². The number of aromatic nitrogens is 2. The van der Waals surface area contributed by atoms with Crippen molar-refractivity contribution in [3.8, 4) is 50.7 Å². The van der Waals surface area contributed by atoms with E-state index in [4.69, 9.17) is 13.8 Å². The quantitative estimate of drug-likeness (QED) is 0.152. The number of fused-ring (bicyclic) bond motifs is 5. The van der Waals surface area contributed by atoms with Gasteiger partial charge < -0.3 is 14.5 Å². The number of anilines is 4. The van der Waals surface area contributed by atoms with Gasteiger partial charge in [0.05, 0.1) is 28.1 Å². The van der Waals surface area contributed by atoms with Gasteiger partial charge in [-0.25, -0.2) is 4.98 Å². The van der Waals surface area contributed by atoms with Crippen LogP contribution in [0, 0.1) is 6.85 Å². The molecule has 1 aliphatic carbocycles. The van der Waals surface area contributed by atoms with Crippen LogP contribution in [0.25, 0.3) is 61.0 Å². The van der Waals surface area contributed by atoms with E-state index in [0.717, 1.165) is 96.8 Å². The van der Waals surface area contributed by atoms with E-state index < -0.39 is 6.85 Å². The number of aryl methyl sites for hydroxylation is 1. The van der Waals surface area contributed by atoms with Crippen LogP contribution in [0.3, 0.4) is 0 Å².